The van der Waals surface area contributed by atoms with Gasteiger partial charge in [0, 0.05) is 4.91 Å². The molecule has 0 saturated carbocycles. The van der Waals surface area contributed by atoms with E-state index in [0.29, 0.717) is 0 Å². The molecule has 0 radical (unpaired) electrons. The molecule has 0 atom stereocenters. The van der Waals surface area contributed by atoms with E-state index >= 15 is 0 Å². The summed E-state index contributed by atoms with van der Waals surface area (Å²) >= 11 is 0. The highest BCUT2D eigenvalue weighted by Crippen LogP contribution is 2.37. The van der Waals surface area contributed by atoms with Crippen LogP contribution in [0.5, 0.6) is 0 Å². The van der Waals surface area contributed by atoms with E-state index in [1.165, 1.54) is 13.3 Å². The van der Waals surface area contributed by atoms with E-state index in [9.17, 15) is 4.57 Å². The van der Waals surface area contributed by atoms with Gasteiger partial charge in [-0.15, -0.1) is 0 Å². The Labute approximate surface area is 41.6 Å². The molecule has 0 N–H and O–H groups in total. The molecule has 0 aliphatic carbocycles. The molecule has 0 heterocycles. The van der Waals surface area contributed by atoms with E-state index in [0.717, 1.165) is 0 Å². The molecular formula is C2H6N3OP. The molecule has 0 aliphatic rings. The van der Waals surface area contributed by atoms with Crippen LogP contribution in [-0.4, -0.2) is 13.3 Å². The fraction of sp³-hybridized carbons (Fsp3) is 1.00. The quantitative estimate of drug-likeness (QED) is 0.225. The fourth-order valence-electron chi connectivity index (χ4n) is 0.0963. The van der Waals surface area contributed by atoms with Gasteiger partial charge in [0.2, 0.25) is 0 Å². The van der Waals surface area contributed by atoms with Crippen molar-refractivity contribution >= 4 is 7.29 Å². The summed E-state index contributed by atoms with van der Waals surface area (Å²) in [4.78, 5) is 5.36. The summed E-state index contributed by atoms with van der Waals surface area (Å²) in [6.07, 6.45) is 0. The summed E-state index contributed by atoms with van der Waals surface area (Å²) < 4.78 is 10.4. The first-order chi connectivity index (χ1) is 3.06. The summed E-state index contributed by atoms with van der Waals surface area (Å²) in [5.74, 6) is 0. The van der Waals surface area contributed by atoms with Crippen molar-refractivity contribution in [2.24, 2.45) is 4.88 Å². The Balaban J connectivity index is 4.10. The molecule has 4 nitrogen and oxygen atoms in total. The van der Waals surface area contributed by atoms with Gasteiger partial charge >= 0.3 is 0 Å². The van der Waals surface area contributed by atoms with Gasteiger partial charge in [-0.3, -0.25) is 0 Å². The molecule has 5 heteroatoms. The summed E-state index contributed by atoms with van der Waals surface area (Å²) in [7, 11) is -2.46. The van der Waals surface area contributed by atoms with Crippen LogP contribution >= 0.6 is 7.29 Å². The SMILES string of the molecule is CP(C)(=O)N=[N+]=[N-]. The van der Waals surface area contributed by atoms with Crippen LogP contribution in [0.3, 0.4) is 0 Å². The molecule has 0 saturated heterocycles. The van der Waals surface area contributed by atoms with E-state index < -0.39 is 7.29 Å². The van der Waals surface area contributed by atoms with Gasteiger partial charge < -0.3 is 4.57 Å². The van der Waals surface area contributed by atoms with Crippen molar-refractivity contribution in [3.63, 3.8) is 0 Å². The largest absolute Gasteiger partial charge is 0.317 e. The number of azide groups is 1. The van der Waals surface area contributed by atoms with Crippen molar-refractivity contribution in [1.82, 2.24) is 0 Å². The zero-order valence-corrected chi connectivity index (χ0v) is 5.09. The second kappa shape index (κ2) is 2.01. The van der Waals surface area contributed by atoms with Crippen LogP contribution in [0.2, 0.25) is 0 Å². The maximum Gasteiger partial charge on any atom is 0.167 e. The minimum atomic E-state index is -2.46. The minimum Gasteiger partial charge on any atom is -0.317 e. The lowest BCUT2D eigenvalue weighted by molar-refractivity contribution is 0.583. The van der Waals surface area contributed by atoms with Crippen LogP contribution in [0, 0.1) is 0 Å². The lowest BCUT2D eigenvalue weighted by Gasteiger charge is -1.87. The Kier molecular flexibility index (Phi) is 1.88. The molecule has 0 aromatic rings. The molecular weight excluding hydrogens is 113 g/mol. The third-order valence-corrected chi connectivity index (χ3v) is 0.766. The predicted octanol–water partition coefficient (Wildman–Crippen LogP) is 1.83. The second-order valence-electron chi connectivity index (χ2n) is 1.47. The Morgan fingerprint density at radius 2 is 2.14 bits per heavy atom. The standard InChI is InChI=1S/C2H6N3OP/c1-7(2,6)5-4-3/h1-2H3. The highest BCUT2D eigenvalue weighted by atomic mass is 31.2. The van der Waals surface area contributed by atoms with Gasteiger partial charge in [-0.1, -0.05) is 0 Å². The third kappa shape index (κ3) is 5.54. The number of nitrogens with zero attached hydrogens (tertiary/aromatic N) is 3. The highest BCUT2D eigenvalue weighted by molar-refractivity contribution is 7.60. The molecule has 0 aromatic heterocycles. The number of hydrogen-bond acceptors (Lipinski definition) is 1. The monoisotopic (exact) mass is 119 g/mol. The van der Waals surface area contributed by atoms with Gasteiger partial charge in [0.1, 0.15) is 0 Å². The van der Waals surface area contributed by atoms with Gasteiger partial charge in [-0.05, 0) is 23.7 Å². The highest BCUT2D eigenvalue weighted by Gasteiger charge is 1.98. The van der Waals surface area contributed by atoms with E-state index in [-0.39, 0.29) is 0 Å². The lowest BCUT2D eigenvalue weighted by Crippen LogP contribution is -1.59. The molecule has 0 amide bonds. The molecule has 40 valence electrons. The number of rotatable bonds is 1. The molecule has 0 spiro atoms. The zero-order chi connectivity index (χ0) is 5.91. The first-order valence-corrected chi connectivity index (χ1v) is 4.23. The summed E-state index contributed by atoms with van der Waals surface area (Å²) in [6.45, 7) is 2.82. The smallest absolute Gasteiger partial charge is 0.167 e. The molecule has 0 aliphatic heterocycles. The van der Waals surface area contributed by atoms with Crippen LogP contribution in [-0.2, 0) is 4.57 Å². The van der Waals surface area contributed by atoms with Crippen LogP contribution in [0.15, 0.2) is 4.88 Å². The maximum atomic E-state index is 10.4. The molecule has 0 bridgehead atoms. The predicted molar refractivity (Wildman–Crippen MR) is 28.6 cm³/mol. The van der Waals surface area contributed by atoms with Gasteiger partial charge in [-0.2, -0.15) is 0 Å². The minimum absolute atomic E-state index is 1.41. The van der Waals surface area contributed by atoms with Crippen molar-refractivity contribution in [2.45, 2.75) is 0 Å². The molecule has 0 unspecified atom stereocenters. The summed E-state index contributed by atoms with van der Waals surface area (Å²) in [5.41, 5.74) is 7.69. The maximum absolute atomic E-state index is 10.4. The van der Waals surface area contributed by atoms with Crippen LogP contribution in [0.4, 0.5) is 0 Å². The van der Waals surface area contributed by atoms with Crippen LogP contribution in [0.1, 0.15) is 0 Å². The van der Waals surface area contributed by atoms with E-state index in [4.69, 9.17) is 5.53 Å². The average molecular weight is 119 g/mol. The Bertz CT molecular complexity index is 141. The van der Waals surface area contributed by atoms with E-state index in [1.807, 2.05) is 0 Å². The second-order valence-corrected chi connectivity index (χ2v) is 4.24. The molecule has 7 heavy (non-hydrogen) atoms. The van der Waals surface area contributed by atoms with Gasteiger partial charge in [0.15, 0.2) is 7.29 Å². The van der Waals surface area contributed by atoms with Crippen LogP contribution < -0.4 is 0 Å². The molecule has 0 aromatic carbocycles. The molecule has 0 rings (SSSR count). The fourth-order valence-corrected chi connectivity index (χ4v) is 0.289. The summed E-state index contributed by atoms with van der Waals surface area (Å²) in [6, 6.07) is 0. The molecule has 0 fully saturated rings. The Morgan fingerprint density at radius 1 is 1.71 bits per heavy atom. The summed E-state index contributed by atoms with van der Waals surface area (Å²) in [5, 5.41) is 0. The third-order valence-electron chi connectivity index (χ3n) is 0.255. The lowest BCUT2D eigenvalue weighted by atomic mass is 11.9. The van der Waals surface area contributed by atoms with Crippen molar-refractivity contribution in [3.8, 4) is 0 Å². The van der Waals surface area contributed by atoms with E-state index in [2.05, 4.69) is 9.80 Å². The van der Waals surface area contributed by atoms with Crippen molar-refractivity contribution < 1.29 is 4.57 Å². The zero-order valence-electron chi connectivity index (χ0n) is 4.20. The van der Waals surface area contributed by atoms with E-state index in [1.54, 1.807) is 0 Å². The first kappa shape index (κ1) is 6.54. The van der Waals surface area contributed by atoms with Crippen molar-refractivity contribution in [2.75, 3.05) is 13.3 Å². The Hall–Kier alpha value is -0.460. The topological polar surface area (TPSA) is 65.8 Å². The van der Waals surface area contributed by atoms with Crippen LogP contribution in [0.25, 0.3) is 10.4 Å². The van der Waals surface area contributed by atoms with Gasteiger partial charge in [0.25, 0.3) is 0 Å². The van der Waals surface area contributed by atoms with Crippen molar-refractivity contribution in [1.29, 1.82) is 0 Å². The normalized spacial score (nSPS) is 10.0. The van der Waals surface area contributed by atoms with Gasteiger partial charge in [0.05, 0.1) is 0 Å². The van der Waals surface area contributed by atoms with Gasteiger partial charge in [-0.25, -0.2) is 0 Å². The number of hydrogen-bond donors (Lipinski definition) is 0. The average Bonchev–Trinajstić information content (AvgIpc) is 1.30. The van der Waals surface area contributed by atoms with Crippen molar-refractivity contribution in [3.05, 3.63) is 10.4 Å². The Morgan fingerprint density at radius 3 is 2.14 bits per heavy atom. The first-order valence-electron chi connectivity index (χ1n) is 1.68.